The number of pyridine rings is 1. The normalized spacial score (nSPS) is 12.3. The van der Waals surface area contributed by atoms with E-state index in [2.05, 4.69) is 11.9 Å². The van der Waals surface area contributed by atoms with Gasteiger partial charge in [0.2, 0.25) is 5.88 Å². The lowest BCUT2D eigenvalue weighted by Crippen LogP contribution is -2.15. The molecule has 0 saturated carbocycles. The number of carbonyl (C=O) groups is 1. The van der Waals surface area contributed by atoms with Crippen molar-refractivity contribution in [1.29, 1.82) is 0 Å². The Morgan fingerprint density at radius 1 is 1.42 bits per heavy atom. The first-order valence-electron chi connectivity index (χ1n) is 6.41. The number of ether oxygens (including phenoxy) is 1. The summed E-state index contributed by atoms with van der Waals surface area (Å²) in [5, 5.41) is 10.0. The smallest absolute Gasteiger partial charge is 0.341 e. The van der Waals surface area contributed by atoms with Crippen LogP contribution in [-0.2, 0) is 0 Å². The lowest BCUT2D eigenvalue weighted by Gasteiger charge is -2.15. The number of carboxylic acid groups (broad SMARTS) is 1. The zero-order chi connectivity index (χ0) is 13.8. The molecule has 1 atom stereocenters. The first-order valence-corrected chi connectivity index (χ1v) is 6.41. The molecule has 4 heteroatoms. The summed E-state index contributed by atoms with van der Waals surface area (Å²) in [5.41, 5.74) is 0.854. The van der Waals surface area contributed by atoms with E-state index in [1.807, 2.05) is 31.2 Å². The summed E-state index contributed by atoms with van der Waals surface area (Å²) in [6.07, 6.45) is 1.81. The summed E-state index contributed by atoms with van der Waals surface area (Å²) >= 11 is 0. The maximum absolute atomic E-state index is 11.3. The van der Waals surface area contributed by atoms with Gasteiger partial charge in [-0.25, -0.2) is 9.78 Å². The molecule has 100 valence electrons. The van der Waals surface area contributed by atoms with Crippen LogP contribution in [0.4, 0.5) is 0 Å². The third kappa shape index (κ3) is 3.02. The molecular weight excluding hydrogens is 242 g/mol. The van der Waals surface area contributed by atoms with Gasteiger partial charge in [-0.1, -0.05) is 31.5 Å². The highest BCUT2D eigenvalue weighted by molar-refractivity contribution is 5.95. The number of fused-ring (bicyclic) bond motifs is 1. The average molecular weight is 259 g/mol. The SMILES string of the molecule is CCCC(C)Oc1nc2ccccc2cc1C(=O)O. The highest BCUT2D eigenvalue weighted by Crippen LogP contribution is 2.23. The second kappa shape index (κ2) is 5.69. The Morgan fingerprint density at radius 3 is 2.84 bits per heavy atom. The van der Waals surface area contributed by atoms with Crippen LogP contribution in [0.1, 0.15) is 37.0 Å². The molecule has 0 aliphatic rings. The third-order valence-corrected chi connectivity index (χ3v) is 2.93. The summed E-state index contributed by atoms with van der Waals surface area (Å²) < 4.78 is 5.66. The molecule has 0 fully saturated rings. The van der Waals surface area contributed by atoms with Crippen molar-refractivity contribution in [2.24, 2.45) is 0 Å². The van der Waals surface area contributed by atoms with Crippen LogP contribution in [0.3, 0.4) is 0 Å². The number of hydrogen-bond acceptors (Lipinski definition) is 3. The van der Waals surface area contributed by atoms with Gasteiger partial charge in [-0.2, -0.15) is 0 Å². The van der Waals surface area contributed by atoms with Crippen LogP contribution >= 0.6 is 0 Å². The van der Waals surface area contributed by atoms with Gasteiger partial charge in [-0.05, 0) is 25.5 Å². The molecule has 1 unspecified atom stereocenters. The number of rotatable bonds is 5. The Hall–Kier alpha value is -2.10. The molecule has 4 nitrogen and oxygen atoms in total. The van der Waals surface area contributed by atoms with E-state index in [9.17, 15) is 9.90 Å². The molecule has 0 saturated heterocycles. The number of aromatic nitrogens is 1. The van der Waals surface area contributed by atoms with Crippen LogP contribution in [0.5, 0.6) is 5.88 Å². The Morgan fingerprint density at radius 2 is 2.16 bits per heavy atom. The minimum atomic E-state index is -1.02. The molecule has 0 bridgehead atoms. The fourth-order valence-electron chi connectivity index (χ4n) is 2.00. The molecule has 1 aromatic carbocycles. The summed E-state index contributed by atoms with van der Waals surface area (Å²) in [4.78, 5) is 15.6. The van der Waals surface area contributed by atoms with E-state index in [-0.39, 0.29) is 17.5 Å². The first-order chi connectivity index (χ1) is 9.11. The predicted molar refractivity (Wildman–Crippen MR) is 73.7 cm³/mol. The van der Waals surface area contributed by atoms with Gasteiger partial charge >= 0.3 is 5.97 Å². The van der Waals surface area contributed by atoms with E-state index in [0.29, 0.717) is 0 Å². The van der Waals surface area contributed by atoms with E-state index >= 15 is 0 Å². The standard InChI is InChI=1S/C15H17NO3/c1-3-6-10(2)19-14-12(15(17)18)9-11-7-4-5-8-13(11)16-14/h4-5,7-10H,3,6H2,1-2H3,(H,17,18). The van der Waals surface area contributed by atoms with Crippen LogP contribution in [0.25, 0.3) is 10.9 Å². The summed E-state index contributed by atoms with van der Waals surface area (Å²) in [6, 6.07) is 9.02. The second-order valence-corrected chi connectivity index (χ2v) is 4.56. The molecule has 0 spiro atoms. The monoisotopic (exact) mass is 259 g/mol. The molecule has 19 heavy (non-hydrogen) atoms. The van der Waals surface area contributed by atoms with Gasteiger partial charge in [0.05, 0.1) is 11.6 Å². The predicted octanol–water partition coefficient (Wildman–Crippen LogP) is 3.50. The van der Waals surface area contributed by atoms with E-state index in [1.54, 1.807) is 6.07 Å². The maximum atomic E-state index is 11.3. The Bertz CT molecular complexity index is 595. The Kier molecular flexibility index (Phi) is 4.00. The van der Waals surface area contributed by atoms with Gasteiger partial charge in [0.1, 0.15) is 5.56 Å². The van der Waals surface area contributed by atoms with Crippen molar-refractivity contribution in [2.75, 3.05) is 0 Å². The Balaban J connectivity index is 2.44. The van der Waals surface area contributed by atoms with Crippen LogP contribution in [-0.4, -0.2) is 22.2 Å². The lowest BCUT2D eigenvalue weighted by molar-refractivity contribution is 0.0688. The average Bonchev–Trinajstić information content (AvgIpc) is 2.38. The molecule has 0 amide bonds. The number of benzene rings is 1. The van der Waals surface area contributed by atoms with Gasteiger partial charge in [0.15, 0.2) is 0 Å². The summed E-state index contributed by atoms with van der Waals surface area (Å²) in [5.74, 6) is -0.816. The van der Waals surface area contributed by atoms with E-state index < -0.39 is 5.97 Å². The molecule has 2 rings (SSSR count). The maximum Gasteiger partial charge on any atom is 0.341 e. The van der Waals surface area contributed by atoms with E-state index in [1.165, 1.54) is 0 Å². The van der Waals surface area contributed by atoms with Gasteiger partial charge in [-0.15, -0.1) is 0 Å². The molecular formula is C15H17NO3. The number of aromatic carboxylic acids is 1. The first kappa shape index (κ1) is 13.3. The minimum Gasteiger partial charge on any atom is -0.477 e. The van der Waals surface area contributed by atoms with Gasteiger partial charge < -0.3 is 9.84 Å². The number of nitrogens with zero attached hydrogens (tertiary/aromatic N) is 1. The molecule has 0 radical (unpaired) electrons. The fraction of sp³-hybridized carbons (Fsp3) is 0.333. The summed E-state index contributed by atoms with van der Waals surface area (Å²) in [7, 11) is 0. The van der Waals surface area contributed by atoms with Crippen molar-refractivity contribution < 1.29 is 14.6 Å². The van der Waals surface area contributed by atoms with Crippen molar-refractivity contribution in [2.45, 2.75) is 32.8 Å². The Labute approximate surface area is 112 Å². The van der Waals surface area contributed by atoms with Crippen molar-refractivity contribution >= 4 is 16.9 Å². The topological polar surface area (TPSA) is 59.4 Å². The van der Waals surface area contributed by atoms with Crippen molar-refractivity contribution in [1.82, 2.24) is 4.98 Å². The van der Waals surface area contributed by atoms with E-state index in [0.717, 1.165) is 23.7 Å². The van der Waals surface area contributed by atoms with Gasteiger partial charge in [-0.3, -0.25) is 0 Å². The van der Waals surface area contributed by atoms with E-state index in [4.69, 9.17) is 4.74 Å². The molecule has 1 N–H and O–H groups in total. The van der Waals surface area contributed by atoms with Crippen molar-refractivity contribution in [3.8, 4) is 5.88 Å². The fourth-order valence-corrected chi connectivity index (χ4v) is 2.00. The van der Waals surface area contributed by atoms with Crippen LogP contribution in [0, 0.1) is 0 Å². The zero-order valence-corrected chi connectivity index (χ0v) is 11.1. The van der Waals surface area contributed by atoms with Gasteiger partial charge in [0.25, 0.3) is 0 Å². The minimum absolute atomic E-state index is 0.0447. The van der Waals surface area contributed by atoms with Crippen molar-refractivity contribution in [3.63, 3.8) is 0 Å². The summed E-state index contributed by atoms with van der Waals surface area (Å²) in [6.45, 7) is 3.98. The molecule has 1 heterocycles. The number of carboxylic acids is 1. The van der Waals surface area contributed by atoms with Crippen LogP contribution in [0.15, 0.2) is 30.3 Å². The third-order valence-electron chi connectivity index (χ3n) is 2.93. The zero-order valence-electron chi connectivity index (χ0n) is 11.1. The highest BCUT2D eigenvalue weighted by atomic mass is 16.5. The highest BCUT2D eigenvalue weighted by Gasteiger charge is 2.16. The number of para-hydroxylation sites is 1. The lowest BCUT2D eigenvalue weighted by atomic mass is 10.1. The van der Waals surface area contributed by atoms with Gasteiger partial charge in [0, 0.05) is 5.39 Å². The largest absolute Gasteiger partial charge is 0.477 e. The number of hydrogen-bond donors (Lipinski definition) is 1. The molecule has 0 aliphatic heterocycles. The molecule has 2 aromatic rings. The van der Waals surface area contributed by atoms with Crippen LogP contribution in [0.2, 0.25) is 0 Å². The van der Waals surface area contributed by atoms with Crippen LogP contribution < -0.4 is 4.74 Å². The molecule has 0 aliphatic carbocycles. The molecule has 1 aromatic heterocycles. The van der Waals surface area contributed by atoms with Crippen molar-refractivity contribution in [3.05, 3.63) is 35.9 Å². The quantitative estimate of drug-likeness (QED) is 0.892. The second-order valence-electron chi connectivity index (χ2n) is 4.56.